The fourth-order valence-electron chi connectivity index (χ4n) is 3.16. The van der Waals surface area contributed by atoms with Gasteiger partial charge in [0.2, 0.25) is 5.91 Å². The Morgan fingerprint density at radius 1 is 1.21 bits per heavy atom. The van der Waals surface area contributed by atoms with E-state index in [1.807, 2.05) is 0 Å². The van der Waals surface area contributed by atoms with Gasteiger partial charge in [0.1, 0.15) is 15.9 Å². The Bertz CT molecular complexity index is 1110. The predicted octanol–water partition coefficient (Wildman–Crippen LogP) is 0.874. The highest BCUT2D eigenvalue weighted by Gasteiger charge is 2.33. The second-order valence-electron chi connectivity index (χ2n) is 8.20. The summed E-state index contributed by atoms with van der Waals surface area (Å²) in [4.78, 5) is 38.3. The summed E-state index contributed by atoms with van der Waals surface area (Å²) in [6.07, 6.45) is 1.09. The van der Waals surface area contributed by atoms with Crippen LogP contribution in [0.4, 0.5) is 4.79 Å². The normalized spacial score (nSPS) is 13.3. The van der Waals surface area contributed by atoms with Crippen LogP contribution >= 0.6 is 0 Å². The first kappa shape index (κ1) is 22.7. The lowest BCUT2D eigenvalue weighted by molar-refractivity contribution is -0.124. The lowest BCUT2D eigenvalue weighted by Gasteiger charge is -2.29. The average Bonchev–Trinajstić information content (AvgIpc) is 2.88. The van der Waals surface area contributed by atoms with Crippen molar-refractivity contribution in [1.29, 1.82) is 0 Å². The van der Waals surface area contributed by atoms with E-state index in [9.17, 15) is 22.8 Å². The molecule has 0 unspecified atom stereocenters. The zero-order chi connectivity index (χ0) is 22.1. The summed E-state index contributed by atoms with van der Waals surface area (Å²) in [7, 11) is -1.83. The van der Waals surface area contributed by atoms with Crippen molar-refractivity contribution in [2.45, 2.75) is 40.3 Å². The van der Waals surface area contributed by atoms with Gasteiger partial charge < -0.3 is 10.6 Å². The van der Waals surface area contributed by atoms with Gasteiger partial charge in [-0.05, 0) is 24.0 Å². The maximum absolute atomic E-state index is 13.0. The highest BCUT2D eigenvalue weighted by atomic mass is 32.2. The summed E-state index contributed by atoms with van der Waals surface area (Å²) >= 11 is 0. The number of hydrogen-bond acceptors (Lipinski definition) is 5. The minimum atomic E-state index is -3.31. The van der Waals surface area contributed by atoms with E-state index in [-0.39, 0.29) is 18.2 Å². The second kappa shape index (κ2) is 8.02. The number of imidazole rings is 1. The number of hydrogen-bond donors (Lipinski definition) is 2. The molecule has 9 nitrogen and oxygen atoms in total. The van der Waals surface area contributed by atoms with Crippen molar-refractivity contribution in [3.8, 4) is 0 Å². The fraction of sp³-hybridized carbons (Fsp3) is 0.526. The van der Waals surface area contributed by atoms with Crippen molar-refractivity contribution in [3.05, 3.63) is 34.2 Å². The van der Waals surface area contributed by atoms with Crippen molar-refractivity contribution in [3.63, 3.8) is 0 Å². The van der Waals surface area contributed by atoms with E-state index in [1.165, 1.54) is 11.6 Å². The Labute approximate surface area is 170 Å². The average molecular weight is 425 g/mol. The van der Waals surface area contributed by atoms with E-state index in [0.717, 1.165) is 16.4 Å². The molecule has 0 aliphatic carbocycles. The minimum absolute atomic E-state index is 0.0720. The molecule has 2 amide bonds. The quantitative estimate of drug-likeness (QED) is 0.738. The molecule has 0 saturated carbocycles. The molecule has 0 spiro atoms. The maximum Gasteiger partial charge on any atom is 0.337 e. The van der Waals surface area contributed by atoms with Crippen LogP contribution in [0.5, 0.6) is 0 Å². The Hall–Kier alpha value is -2.62. The summed E-state index contributed by atoms with van der Waals surface area (Å²) in [5, 5.41) is 5.16. The maximum atomic E-state index is 13.0. The van der Waals surface area contributed by atoms with Crippen LogP contribution in [-0.4, -0.2) is 54.6 Å². The molecule has 29 heavy (non-hydrogen) atoms. The molecule has 1 atom stereocenters. The van der Waals surface area contributed by atoms with Crippen LogP contribution in [-0.2, 0) is 21.2 Å². The third-order valence-corrected chi connectivity index (χ3v) is 5.60. The Kier molecular flexibility index (Phi) is 6.27. The zero-order valence-corrected chi connectivity index (χ0v) is 18.4. The molecule has 0 fully saturated rings. The van der Waals surface area contributed by atoms with Gasteiger partial charge in [-0.25, -0.2) is 22.6 Å². The number of aryl methyl sites for hydroxylation is 2. The van der Waals surface area contributed by atoms with Gasteiger partial charge in [-0.15, -0.1) is 0 Å². The molecule has 2 rings (SSSR count). The number of carbonyl (C=O) groups excluding carboxylic acids is 2. The number of likely N-dealkylation sites (N-methyl/N-ethyl adjacent to an activating group) is 1. The van der Waals surface area contributed by atoms with E-state index in [2.05, 4.69) is 10.6 Å². The zero-order valence-electron chi connectivity index (χ0n) is 17.6. The molecule has 1 aromatic carbocycles. The van der Waals surface area contributed by atoms with Crippen LogP contribution in [0.2, 0.25) is 0 Å². The monoisotopic (exact) mass is 424 g/mol. The number of nitrogens with one attached hydrogen (secondary N) is 2. The van der Waals surface area contributed by atoms with E-state index >= 15 is 0 Å². The molecule has 0 saturated heterocycles. The van der Waals surface area contributed by atoms with Crippen LogP contribution in [0.3, 0.4) is 0 Å². The Morgan fingerprint density at radius 3 is 2.34 bits per heavy atom. The smallest absolute Gasteiger partial charge is 0.337 e. The lowest BCUT2D eigenvalue weighted by Crippen LogP contribution is -2.54. The van der Waals surface area contributed by atoms with Crippen LogP contribution in [0.15, 0.2) is 23.0 Å². The van der Waals surface area contributed by atoms with Gasteiger partial charge in [-0.3, -0.25) is 9.36 Å². The molecule has 160 valence electrons. The fourth-order valence-corrected chi connectivity index (χ4v) is 3.68. The molecule has 0 aliphatic heterocycles. The third kappa shape index (κ3) is 4.87. The standard InChI is InChI=1S/C19H28N4O5S/c1-12-8-7-9-13-14(12)22(10-11-29(6,27)28)18(26)23(13)17(25)21-15(16(24)20-5)19(2,3)4/h7-9,15H,10-11H2,1-6H3,(H,20,24)(H,21,25)/t15-/m1/s1. The number of fused-ring (bicyclic) bond motifs is 1. The summed E-state index contributed by atoms with van der Waals surface area (Å²) in [5.74, 6) is -0.610. The number of aromatic nitrogens is 2. The lowest BCUT2D eigenvalue weighted by atomic mass is 9.86. The number of para-hydroxylation sites is 1. The molecule has 10 heteroatoms. The molecule has 0 radical (unpaired) electrons. The van der Waals surface area contributed by atoms with Gasteiger partial charge in [0.05, 0.1) is 16.8 Å². The van der Waals surface area contributed by atoms with Crippen LogP contribution in [0, 0.1) is 12.3 Å². The molecule has 2 N–H and O–H groups in total. The largest absolute Gasteiger partial charge is 0.357 e. The van der Waals surface area contributed by atoms with Gasteiger partial charge in [-0.1, -0.05) is 32.9 Å². The van der Waals surface area contributed by atoms with Gasteiger partial charge in [-0.2, -0.15) is 0 Å². The second-order valence-corrected chi connectivity index (χ2v) is 10.5. The number of nitrogens with zero attached hydrogens (tertiary/aromatic N) is 2. The summed E-state index contributed by atoms with van der Waals surface area (Å²) < 4.78 is 25.4. The Balaban J connectivity index is 2.59. The van der Waals surface area contributed by atoms with E-state index < -0.39 is 33.0 Å². The molecular formula is C19H28N4O5S. The van der Waals surface area contributed by atoms with Gasteiger partial charge in [0.15, 0.2) is 0 Å². The van der Waals surface area contributed by atoms with Crippen LogP contribution in [0.1, 0.15) is 26.3 Å². The third-order valence-electron chi connectivity index (χ3n) is 4.68. The molecule has 2 aromatic rings. The highest BCUT2D eigenvalue weighted by Crippen LogP contribution is 2.21. The predicted molar refractivity (Wildman–Crippen MR) is 112 cm³/mol. The molecule has 0 aliphatic rings. The van der Waals surface area contributed by atoms with E-state index in [0.29, 0.717) is 11.0 Å². The van der Waals surface area contributed by atoms with Gasteiger partial charge in [0.25, 0.3) is 0 Å². The number of rotatable bonds is 5. The number of carbonyl (C=O) groups is 2. The molecule has 1 aromatic heterocycles. The summed E-state index contributed by atoms with van der Waals surface area (Å²) in [5.41, 5.74) is 0.330. The summed E-state index contributed by atoms with van der Waals surface area (Å²) in [6, 6.07) is 3.50. The molecular weight excluding hydrogens is 396 g/mol. The number of sulfone groups is 1. The Morgan fingerprint density at radius 2 is 1.83 bits per heavy atom. The first-order valence-electron chi connectivity index (χ1n) is 9.19. The number of amides is 2. The van der Waals surface area contributed by atoms with Crippen molar-refractivity contribution < 1.29 is 18.0 Å². The number of benzene rings is 1. The van der Waals surface area contributed by atoms with Crippen LogP contribution < -0.4 is 16.3 Å². The van der Waals surface area contributed by atoms with E-state index in [1.54, 1.807) is 45.9 Å². The topological polar surface area (TPSA) is 119 Å². The molecule has 1 heterocycles. The van der Waals surface area contributed by atoms with E-state index in [4.69, 9.17) is 0 Å². The highest BCUT2D eigenvalue weighted by molar-refractivity contribution is 7.90. The molecule has 0 bridgehead atoms. The van der Waals surface area contributed by atoms with Gasteiger partial charge in [0, 0.05) is 19.8 Å². The van der Waals surface area contributed by atoms with Crippen molar-refractivity contribution in [2.75, 3.05) is 19.1 Å². The first-order chi connectivity index (χ1) is 13.3. The summed E-state index contributed by atoms with van der Waals surface area (Å²) in [6.45, 7) is 7.11. The van der Waals surface area contributed by atoms with Crippen LogP contribution in [0.25, 0.3) is 11.0 Å². The first-order valence-corrected chi connectivity index (χ1v) is 11.2. The van der Waals surface area contributed by atoms with Gasteiger partial charge >= 0.3 is 11.7 Å². The minimum Gasteiger partial charge on any atom is -0.357 e. The van der Waals surface area contributed by atoms with Crippen molar-refractivity contribution >= 4 is 32.8 Å². The van der Waals surface area contributed by atoms with Crippen molar-refractivity contribution in [1.82, 2.24) is 19.8 Å². The van der Waals surface area contributed by atoms with Crippen molar-refractivity contribution in [2.24, 2.45) is 5.41 Å². The SMILES string of the molecule is CNC(=O)[C@@H](NC(=O)n1c(=O)n(CCS(C)(=O)=O)c2c(C)cccc21)C(C)(C)C.